The maximum atomic E-state index is 6.23. The van der Waals surface area contributed by atoms with Crippen molar-refractivity contribution in [1.29, 1.82) is 0 Å². The molecule has 0 bridgehead atoms. The number of hydrogen-bond acceptors (Lipinski definition) is 6. The third kappa shape index (κ3) is 11.1. The molecule has 0 spiro atoms. The largest absolute Gasteiger partial charge is 0.456 e. The molecule has 22 aromatic carbocycles. The molecule has 8 aromatic heterocycles. The van der Waals surface area contributed by atoms with Crippen LogP contribution in [0.15, 0.2) is 441 Å². The van der Waals surface area contributed by atoms with Gasteiger partial charge in [-0.3, -0.25) is 0 Å². The Bertz CT molecular complexity index is 10400. The molecule has 0 radical (unpaired) electrons. The van der Waals surface area contributed by atoms with Crippen LogP contribution in [0.1, 0.15) is 0 Å². The standard InChI is InChI=1S/C62H36N4O.C62H36N4S/c1-2-16-43-37(13-1)27-31-56-60(43)47-19-4-9-24-54(47)66(56)55-25-12-15-39-34-49-44-17-3-8-23-53(44)65(57(49)36-48(39)55)41-29-30-42-38(33-41)14-11-20-46(42)62-61(63-51-21-6-7-22-52(51)64-62)40-28-32-59-50(35-40)45-18-5-10-26-58(45)67-59;1-2-16-40-37(14-1)30-32-56-60(40)46-19-4-9-26-54(46)65(56)55-27-11-15-38-34-48-43-17-3-8-25-52(43)66(57(48)36-47(38)55)53-28-13-20-41-42(53)21-12-22-45(41)62-61(63-50-23-6-7-24-51(50)64-62)39-31-33-59-49(35-39)44-18-5-10-29-58(44)67-59/h2*1-36H. The van der Waals surface area contributed by atoms with Crippen molar-refractivity contribution in [1.82, 2.24) is 38.2 Å². The van der Waals surface area contributed by atoms with Crippen molar-refractivity contribution >= 4 is 227 Å². The lowest BCUT2D eigenvalue weighted by molar-refractivity contribution is 0.669. The van der Waals surface area contributed by atoms with Gasteiger partial charge in [0, 0.05) is 118 Å². The van der Waals surface area contributed by atoms with Crippen LogP contribution in [0, 0.1) is 0 Å². The second-order valence-electron chi connectivity index (χ2n) is 35.3. The molecule has 10 heteroatoms. The molecule has 0 aliphatic rings. The molecule has 0 N–H and O–H groups in total. The van der Waals surface area contributed by atoms with Crippen LogP contribution in [0.25, 0.3) is 284 Å². The highest BCUT2D eigenvalue weighted by atomic mass is 32.1. The van der Waals surface area contributed by atoms with E-state index < -0.39 is 0 Å². The van der Waals surface area contributed by atoms with Gasteiger partial charge in [-0.25, -0.2) is 19.9 Å². The first kappa shape index (κ1) is 74.3. The molecule has 30 rings (SSSR count). The van der Waals surface area contributed by atoms with Gasteiger partial charge in [-0.1, -0.05) is 279 Å². The van der Waals surface area contributed by atoms with Crippen molar-refractivity contribution in [2.75, 3.05) is 0 Å². The van der Waals surface area contributed by atoms with Gasteiger partial charge >= 0.3 is 0 Å². The molecular weight excluding hydrogens is 1650 g/mol. The Kier molecular flexibility index (Phi) is 16.0. The van der Waals surface area contributed by atoms with E-state index in [0.717, 1.165) is 155 Å². The molecule has 0 aliphatic heterocycles. The Morgan fingerprint density at radius 2 is 0.582 bits per heavy atom. The summed E-state index contributed by atoms with van der Waals surface area (Å²) in [5.41, 5.74) is 26.7. The molecule has 30 aromatic rings. The Hall–Kier alpha value is -17.7. The van der Waals surface area contributed by atoms with E-state index in [-0.39, 0.29) is 0 Å². The summed E-state index contributed by atoms with van der Waals surface area (Å²) in [6.07, 6.45) is 0. The predicted molar refractivity (Wildman–Crippen MR) is 563 cm³/mol. The maximum absolute atomic E-state index is 6.23. The number of aromatic nitrogens is 8. The van der Waals surface area contributed by atoms with Gasteiger partial charge in [0.1, 0.15) is 11.2 Å². The molecule has 0 saturated carbocycles. The fraction of sp³-hybridized carbons (Fsp3) is 0. The van der Waals surface area contributed by atoms with Crippen LogP contribution in [0.5, 0.6) is 0 Å². The molecule has 134 heavy (non-hydrogen) atoms. The maximum Gasteiger partial charge on any atom is 0.135 e. The van der Waals surface area contributed by atoms with Crippen molar-refractivity contribution in [3.8, 4) is 67.8 Å². The summed E-state index contributed by atoms with van der Waals surface area (Å²) < 4.78 is 18.7. The average molecular weight is 1720 g/mol. The van der Waals surface area contributed by atoms with Crippen molar-refractivity contribution < 1.29 is 4.42 Å². The molecule has 0 amide bonds. The van der Waals surface area contributed by atoms with E-state index in [1.165, 1.54) is 128 Å². The quantitative estimate of drug-likeness (QED) is 0.151. The zero-order valence-electron chi connectivity index (χ0n) is 72.0. The normalized spacial score (nSPS) is 12.2. The third-order valence-corrected chi connectivity index (χ3v) is 29.3. The number of rotatable bonds is 8. The zero-order valence-corrected chi connectivity index (χ0v) is 72.8. The molecule has 0 saturated heterocycles. The Labute approximate surface area is 769 Å². The second-order valence-corrected chi connectivity index (χ2v) is 36.4. The smallest absolute Gasteiger partial charge is 0.135 e. The van der Waals surface area contributed by atoms with Gasteiger partial charge in [0.25, 0.3) is 0 Å². The second kappa shape index (κ2) is 28.9. The number of para-hydroxylation sites is 9. The van der Waals surface area contributed by atoms with Gasteiger partial charge in [0.15, 0.2) is 0 Å². The predicted octanol–water partition coefficient (Wildman–Crippen LogP) is 33.5. The van der Waals surface area contributed by atoms with Crippen molar-refractivity contribution in [3.05, 3.63) is 437 Å². The van der Waals surface area contributed by atoms with E-state index in [9.17, 15) is 0 Å². The first-order chi connectivity index (χ1) is 66.4. The summed E-state index contributed by atoms with van der Waals surface area (Å²) in [7, 11) is 0. The van der Waals surface area contributed by atoms with E-state index in [2.05, 4.69) is 407 Å². The first-order valence-corrected chi connectivity index (χ1v) is 46.4. The summed E-state index contributed by atoms with van der Waals surface area (Å²) in [6, 6.07) is 158. The molecular formula is C124H72N8OS. The van der Waals surface area contributed by atoms with Gasteiger partial charge in [-0.05, 0) is 206 Å². The van der Waals surface area contributed by atoms with Crippen LogP contribution in [0.3, 0.4) is 0 Å². The lowest BCUT2D eigenvalue weighted by Gasteiger charge is -2.16. The number of hydrogen-bond donors (Lipinski definition) is 0. The van der Waals surface area contributed by atoms with Gasteiger partial charge in [0.05, 0.1) is 106 Å². The topological polar surface area (TPSA) is 84.4 Å². The highest BCUT2D eigenvalue weighted by molar-refractivity contribution is 7.25. The minimum absolute atomic E-state index is 0.837. The fourth-order valence-corrected chi connectivity index (χ4v) is 23.3. The summed E-state index contributed by atoms with van der Waals surface area (Å²) in [4.78, 5) is 21.6. The van der Waals surface area contributed by atoms with Crippen LogP contribution in [0.2, 0.25) is 0 Å². The summed E-state index contributed by atoms with van der Waals surface area (Å²) >= 11 is 1.83. The molecule has 0 atom stereocenters. The molecule has 8 heterocycles. The van der Waals surface area contributed by atoms with Crippen molar-refractivity contribution in [2.45, 2.75) is 0 Å². The average Bonchev–Trinajstić information content (AvgIpc) is 1.79. The Morgan fingerprint density at radius 3 is 1.18 bits per heavy atom. The van der Waals surface area contributed by atoms with Crippen LogP contribution in [-0.4, -0.2) is 38.2 Å². The zero-order chi connectivity index (χ0) is 87.5. The SMILES string of the molecule is c1cc(-c2nc3ccccc3nc2-c2ccc3oc4ccccc4c3c2)c2ccc(-n3c4ccccc4c4cc5cccc(-n6c7ccccc7c7c8ccccc8ccc76)c5cc43)cc2c1.c1cc(-n2c3ccccc3c3c4ccccc4ccc32)c2cc3c(cc2c1)c1ccccc1n3-c1cccc2c(-c3nc4ccccc4nc3-c3ccc4sc5ccccc5c4c3)cccc12. The molecule has 620 valence electrons. The van der Waals surface area contributed by atoms with E-state index in [1.54, 1.807) is 0 Å². The minimum Gasteiger partial charge on any atom is -0.456 e. The number of furan rings is 1. The Morgan fingerprint density at radius 1 is 0.187 bits per heavy atom. The monoisotopic (exact) mass is 1720 g/mol. The number of nitrogens with zero attached hydrogens (tertiary/aromatic N) is 8. The van der Waals surface area contributed by atoms with Crippen LogP contribution < -0.4 is 0 Å². The fourth-order valence-electron chi connectivity index (χ4n) is 22.2. The number of fused-ring (bicyclic) bond motifs is 28. The molecule has 0 unspecified atom stereocenters. The summed E-state index contributed by atoms with van der Waals surface area (Å²) in [5, 5.41) is 29.0. The Balaban J connectivity index is 0.000000131. The van der Waals surface area contributed by atoms with Gasteiger partial charge in [-0.15, -0.1) is 11.3 Å². The minimum atomic E-state index is 0.837. The number of thiophene rings is 1. The molecule has 0 fully saturated rings. The van der Waals surface area contributed by atoms with E-state index in [1.807, 2.05) is 59.9 Å². The highest BCUT2D eigenvalue weighted by Crippen LogP contribution is 2.49. The lowest BCUT2D eigenvalue weighted by atomic mass is 9.96. The van der Waals surface area contributed by atoms with E-state index in [0.29, 0.717) is 0 Å². The van der Waals surface area contributed by atoms with Gasteiger partial charge in [-0.2, -0.15) is 0 Å². The lowest BCUT2D eigenvalue weighted by Crippen LogP contribution is -1.99. The summed E-state index contributed by atoms with van der Waals surface area (Å²) in [6.45, 7) is 0. The summed E-state index contributed by atoms with van der Waals surface area (Å²) in [5.74, 6) is 0. The number of benzene rings is 22. The van der Waals surface area contributed by atoms with Crippen LogP contribution in [-0.2, 0) is 0 Å². The van der Waals surface area contributed by atoms with E-state index >= 15 is 0 Å². The van der Waals surface area contributed by atoms with Gasteiger partial charge in [0.2, 0.25) is 0 Å². The molecule has 9 nitrogen and oxygen atoms in total. The van der Waals surface area contributed by atoms with Crippen molar-refractivity contribution in [2.24, 2.45) is 0 Å². The van der Waals surface area contributed by atoms with Crippen LogP contribution in [0.4, 0.5) is 0 Å². The van der Waals surface area contributed by atoms with Crippen LogP contribution >= 0.6 is 11.3 Å². The van der Waals surface area contributed by atoms with Gasteiger partial charge < -0.3 is 22.7 Å². The van der Waals surface area contributed by atoms with Crippen molar-refractivity contribution in [3.63, 3.8) is 0 Å². The highest BCUT2D eigenvalue weighted by Gasteiger charge is 2.27. The van der Waals surface area contributed by atoms with E-state index in [4.69, 9.17) is 24.4 Å². The first-order valence-electron chi connectivity index (χ1n) is 45.6. The molecule has 0 aliphatic carbocycles. The third-order valence-electron chi connectivity index (χ3n) is 28.1.